The van der Waals surface area contributed by atoms with E-state index in [1.807, 2.05) is 42.5 Å². The van der Waals surface area contributed by atoms with Gasteiger partial charge in [0.05, 0.1) is 21.9 Å². The van der Waals surface area contributed by atoms with Crippen LogP contribution in [0.1, 0.15) is 12.8 Å². The van der Waals surface area contributed by atoms with Gasteiger partial charge in [0.1, 0.15) is 10.8 Å². The first-order chi connectivity index (χ1) is 12.8. The van der Waals surface area contributed by atoms with Crippen molar-refractivity contribution in [2.24, 2.45) is 0 Å². The van der Waals surface area contributed by atoms with Gasteiger partial charge in [0, 0.05) is 13.2 Å². The number of thiazole rings is 1. The minimum Gasteiger partial charge on any atom is -0.483 e. The van der Waals surface area contributed by atoms with Crippen LogP contribution in [0.4, 0.5) is 0 Å². The molecule has 1 atom stereocenters. The summed E-state index contributed by atoms with van der Waals surface area (Å²) in [6, 6.07) is 15.7. The van der Waals surface area contributed by atoms with Gasteiger partial charge in [-0.25, -0.2) is 4.98 Å². The van der Waals surface area contributed by atoms with Crippen molar-refractivity contribution in [3.63, 3.8) is 0 Å². The van der Waals surface area contributed by atoms with E-state index in [4.69, 9.17) is 9.47 Å². The van der Waals surface area contributed by atoms with Crippen LogP contribution in [0.25, 0.3) is 20.8 Å². The van der Waals surface area contributed by atoms with Crippen molar-refractivity contribution in [1.82, 2.24) is 10.3 Å². The van der Waals surface area contributed by atoms with Crippen LogP contribution in [-0.2, 0) is 9.53 Å². The fourth-order valence-electron chi connectivity index (χ4n) is 2.98. The third-order valence-corrected chi connectivity index (χ3v) is 5.39. The Hall–Kier alpha value is -2.44. The monoisotopic (exact) mass is 368 g/mol. The molecule has 1 aromatic heterocycles. The minimum atomic E-state index is -0.139. The van der Waals surface area contributed by atoms with Crippen molar-refractivity contribution in [1.29, 1.82) is 0 Å². The van der Waals surface area contributed by atoms with Gasteiger partial charge in [0.25, 0.3) is 5.91 Å². The number of rotatable bonds is 6. The summed E-state index contributed by atoms with van der Waals surface area (Å²) >= 11 is 1.62. The summed E-state index contributed by atoms with van der Waals surface area (Å²) in [4.78, 5) is 16.7. The lowest BCUT2D eigenvalue weighted by molar-refractivity contribution is -0.123. The molecule has 0 saturated carbocycles. The average Bonchev–Trinajstić information content (AvgIpc) is 3.34. The Morgan fingerprint density at radius 1 is 1.23 bits per heavy atom. The fourth-order valence-corrected chi connectivity index (χ4v) is 3.98. The second-order valence-corrected chi connectivity index (χ2v) is 7.24. The summed E-state index contributed by atoms with van der Waals surface area (Å²) in [5, 5.41) is 3.76. The molecule has 1 amide bonds. The number of aromatic nitrogens is 1. The second-order valence-electron chi connectivity index (χ2n) is 6.21. The maximum Gasteiger partial charge on any atom is 0.258 e. The van der Waals surface area contributed by atoms with Gasteiger partial charge in [-0.05, 0) is 37.1 Å². The van der Waals surface area contributed by atoms with Crippen molar-refractivity contribution in [2.75, 3.05) is 19.8 Å². The van der Waals surface area contributed by atoms with Crippen LogP contribution in [0, 0.1) is 0 Å². The molecule has 6 heteroatoms. The predicted molar refractivity (Wildman–Crippen MR) is 103 cm³/mol. The summed E-state index contributed by atoms with van der Waals surface area (Å²) in [5.41, 5.74) is 1.87. The molecule has 134 valence electrons. The molecule has 5 nitrogen and oxygen atoms in total. The number of fused-ring (bicyclic) bond motifs is 1. The second kappa shape index (κ2) is 7.85. The van der Waals surface area contributed by atoms with E-state index >= 15 is 0 Å². The number of benzene rings is 2. The number of carbonyl (C=O) groups excluding carboxylic acids is 1. The Morgan fingerprint density at radius 2 is 2.08 bits per heavy atom. The number of amides is 1. The normalized spacial score (nSPS) is 16.7. The van der Waals surface area contributed by atoms with E-state index in [0.29, 0.717) is 12.3 Å². The molecule has 2 heterocycles. The number of ether oxygens (including phenoxy) is 2. The van der Waals surface area contributed by atoms with Crippen molar-refractivity contribution in [3.8, 4) is 16.3 Å². The molecule has 0 bridgehead atoms. The third-order valence-electron chi connectivity index (χ3n) is 4.32. The lowest BCUT2D eigenvalue weighted by Gasteiger charge is -2.12. The first-order valence-electron chi connectivity index (χ1n) is 8.76. The molecule has 1 unspecified atom stereocenters. The zero-order chi connectivity index (χ0) is 17.8. The molecule has 1 aliphatic rings. The summed E-state index contributed by atoms with van der Waals surface area (Å²) in [6.45, 7) is 1.31. The van der Waals surface area contributed by atoms with Crippen LogP contribution < -0.4 is 10.1 Å². The van der Waals surface area contributed by atoms with Crippen molar-refractivity contribution < 1.29 is 14.3 Å². The maximum absolute atomic E-state index is 12.1. The van der Waals surface area contributed by atoms with Gasteiger partial charge in [0.15, 0.2) is 6.61 Å². The first kappa shape index (κ1) is 17.0. The molecule has 0 aliphatic carbocycles. The van der Waals surface area contributed by atoms with Crippen LogP contribution in [0.5, 0.6) is 5.75 Å². The Bertz CT molecular complexity index is 870. The number of nitrogens with one attached hydrogen (secondary N) is 1. The fraction of sp³-hybridized carbons (Fsp3) is 0.300. The Morgan fingerprint density at radius 3 is 2.92 bits per heavy atom. The van der Waals surface area contributed by atoms with Gasteiger partial charge < -0.3 is 14.8 Å². The predicted octanol–water partition coefficient (Wildman–Crippen LogP) is 3.64. The Labute approximate surface area is 156 Å². The summed E-state index contributed by atoms with van der Waals surface area (Å²) in [7, 11) is 0. The standard InChI is InChI=1S/C20H20N2O3S/c23-19(21-12-14-6-5-11-24-14)13-25-17-9-3-1-7-15(17)20-22-16-8-2-4-10-18(16)26-20/h1-4,7-10,14H,5-6,11-13H2,(H,21,23). The van der Waals surface area contributed by atoms with E-state index in [2.05, 4.69) is 16.4 Å². The van der Waals surface area contributed by atoms with Crippen molar-refractivity contribution in [2.45, 2.75) is 18.9 Å². The summed E-state index contributed by atoms with van der Waals surface area (Å²) in [6.07, 6.45) is 2.20. The minimum absolute atomic E-state index is 0.0192. The van der Waals surface area contributed by atoms with E-state index in [1.54, 1.807) is 11.3 Å². The van der Waals surface area contributed by atoms with Gasteiger partial charge in [-0.2, -0.15) is 0 Å². The van der Waals surface area contributed by atoms with Gasteiger partial charge in [-0.15, -0.1) is 11.3 Å². The highest BCUT2D eigenvalue weighted by Gasteiger charge is 2.17. The van der Waals surface area contributed by atoms with Gasteiger partial charge in [-0.1, -0.05) is 24.3 Å². The van der Waals surface area contributed by atoms with E-state index in [1.165, 1.54) is 0 Å². The highest BCUT2D eigenvalue weighted by molar-refractivity contribution is 7.21. The number of hydrogen-bond acceptors (Lipinski definition) is 5. The number of hydrogen-bond donors (Lipinski definition) is 1. The highest BCUT2D eigenvalue weighted by Crippen LogP contribution is 2.35. The Kier molecular flexibility index (Phi) is 5.13. The van der Waals surface area contributed by atoms with Crippen LogP contribution in [0.2, 0.25) is 0 Å². The van der Waals surface area contributed by atoms with E-state index in [9.17, 15) is 4.79 Å². The summed E-state index contributed by atoms with van der Waals surface area (Å²) in [5.74, 6) is 0.526. The molecule has 1 fully saturated rings. The molecular formula is C20H20N2O3S. The third kappa shape index (κ3) is 3.86. The van der Waals surface area contributed by atoms with E-state index < -0.39 is 0 Å². The van der Waals surface area contributed by atoms with Crippen LogP contribution >= 0.6 is 11.3 Å². The SMILES string of the molecule is O=C(COc1ccccc1-c1nc2ccccc2s1)NCC1CCCO1. The largest absolute Gasteiger partial charge is 0.483 e. The molecule has 2 aromatic carbocycles. The lowest BCUT2D eigenvalue weighted by Crippen LogP contribution is -2.35. The average molecular weight is 368 g/mol. The van der Waals surface area contributed by atoms with Crippen molar-refractivity contribution in [3.05, 3.63) is 48.5 Å². The zero-order valence-corrected chi connectivity index (χ0v) is 15.1. The van der Waals surface area contributed by atoms with Crippen molar-refractivity contribution >= 4 is 27.5 Å². The van der Waals surface area contributed by atoms with Gasteiger partial charge >= 0.3 is 0 Å². The quantitative estimate of drug-likeness (QED) is 0.722. The summed E-state index contributed by atoms with van der Waals surface area (Å²) < 4.78 is 12.4. The molecular weight excluding hydrogens is 348 g/mol. The number of carbonyl (C=O) groups is 1. The molecule has 0 radical (unpaired) electrons. The van der Waals surface area contributed by atoms with E-state index in [-0.39, 0.29) is 18.6 Å². The molecule has 26 heavy (non-hydrogen) atoms. The molecule has 1 saturated heterocycles. The molecule has 0 spiro atoms. The topological polar surface area (TPSA) is 60.5 Å². The number of para-hydroxylation sites is 2. The molecule has 1 N–H and O–H groups in total. The number of nitrogens with zero attached hydrogens (tertiary/aromatic N) is 1. The first-order valence-corrected chi connectivity index (χ1v) is 9.57. The molecule has 3 aromatic rings. The van der Waals surface area contributed by atoms with Gasteiger partial charge in [-0.3, -0.25) is 4.79 Å². The van der Waals surface area contributed by atoms with Crippen LogP contribution in [0.3, 0.4) is 0 Å². The lowest BCUT2D eigenvalue weighted by atomic mass is 10.2. The smallest absolute Gasteiger partial charge is 0.258 e. The van der Waals surface area contributed by atoms with Crippen LogP contribution in [0.15, 0.2) is 48.5 Å². The highest BCUT2D eigenvalue weighted by atomic mass is 32.1. The molecule has 4 rings (SSSR count). The van der Waals surface area contributed by atoms with Gasteiger partial charge in [0.2, 0.25) is 0 Å². The van der Waals surface area contributed by atoms with E-state index in [0.717, 1.165) is 40.2 Å². The maximum atomic E-state index is 12.1. The van der Waals surface area contributed by atoms with Crippen LogP contribution in [-0.4, -0.2) is 36.8 Å². The zero-order valence-electron chi connectivity index (χ0n) is 14.3. The Balaban J connectivity index is 1.43. The molecule has 1 aliphatic heterocycles.